The Morgan fingerprint density at radius 1 is 1.15 bits per heavy atom. The van der Waals surface area contributed by atoms with Crippen LogP contribution in [0.3, 0.4) is 0 Å². The van der Waals surface area contributed by atoms with Crippen molar-refractivity contribution in [3.63, 3.8) is 0 Å². The van der Waals surface area contributed by atoms with Gasteiger partial charge in [-0.25, -0.2) is 28.7 Å². The second-order valence-electron chi connectivity index (χ2n) is 6.21. The molecule has 3 aliphatic heterocycles. The normalized spacial score (nSPS) is 13.3. The predicted molar refractivity (Wildman–Crippen MR) is 94.9 cm³/mol. The number of nitrogens with one attached hydrogen (secondary N) is 2. The molecule has 5 rings (SSSR count). The van der Waals surface area contributed by atoms with E-state index in [1.165, 1.54) is 0 Å². The molecule has 2 aromatic rings. The summed E-state index contributed by atoms with van der Waals surface area (Å²) in [5.41, 5.74) is 3.69. The van der Waals surface area contributed by atoms with Crippen molar-refractivity contribution in [3.8, 4) is 22.8 Å². The van der Waals surface area contributed by atoms with Gasteiger partial charge in [-0.1, -0.05) is 0 Å². The Kier molecular flexibility index (Phi) is 3.36. The van der Waals surface area contributed by atoms with E-state index in [0.29, 0.717) is 34.7 Å². The average Bonchev–Trinajstić information content (AvgIpc) is 3.23. The number of aromatic amines is 1. The molecule has 9 heteroatoms. The zero-order valence-corrected chi connectivity index (χ0v) is 14.2. The topological polar surface area (TPSA) is 92.3 Å². The van der Waals surface area contributed by atoms with Crippen LogP contribution in [-0.2, 0) is 6.54 Å². The predicted octanol–water partition coefficient (Wildman–Crippen LogP) is 3.23. The third kappa shape index (κ3) is 2.35. The summed E-state index contributed by atoms with van der Waals surface area (Å²) in [6.07, 6.45) is 2.61. The Morgan fingerprint density at radius 3 is 2.85 bits per heavy atom. The Labute approximate surface area is 151 Å². The quantitative estimate of drug-likeness (QED) is 0.567. The standard InChI is InChI=1S/C18H13F2N7/c1-8-12(15(16(19)20)27-26-8)18-24-13-9-4-6-21-7-11(9)23-17-10(14(13)25-18)3-2-5-22-17/h2-6,16,21H,7H2,1H3,(H,26,27). The van der Waals surface area contributed by atoms with E-state index >= 15 is 0 Å². The molecule has 0 aliphatic carbocycles. The molecule has 0 amide bonds. The van der Waals surface area contributed by atoms with Crippen LogP contribution in [0.15, 0.2) is 24.5 Å². The van der Waals surface area contributed by atoms with Gasteiger partial charge in [-0.3, -0.25) is 5.10 Å². The van der Waals surface area contributed by atoms with Crippen molar-refractivity contribution in [2.24, 2.45) is 0 Å². The average molecular weight is 365 g/mol. The lowest BCUT2D eigenvalue weighted by Crippen LogP contribution is -2.11. The summed E-state index contributed by atoms with van der Waals surface area (Å²) in [5, 5.41) is 10.2. The first-order chi connectivity index (χ1) is 13.1. The molecule has 0 saturated heterocycles. The maximum Gasteiger partial charge on any atom is 0.282 e. The molecular formula is C18H13F2N7. The Bertz CT molecular complexity index is 1180. The van der Waals surface area contributed by atoms with Gasteiger partial charge in [-0.05, 0) is 31.3 Å². The second kappa shape index (κ2) is 5.76. The lowest BCUT2D eigenvalue weighted by molar-refractivity contribution is 0.146. The van der Waals surface area contributed by atoms with Gasteiger partial charge in [0.05, 0.1) is 17.8 Å². The molecular weight excluding hydrogens is 352 g/mol. The van der Waals surface area contributed by atoms with Crippen molar-refractivity contribution in [1.29, 1.82) is 0 Å². The fraction of sp³-hybridized carbons (Fsp3) is 0.167. The first kappa shape index (κ1) is 15.7. The van der Waals surface area contributed by atoms with Gasteiger partial charge in [0.2, 0.25) is 0 Å². The molecule has 0 saturated carbocycles. The van der Waals surface area contributed by atoms with E-state index in [9.17, 15) is 8.78 Å². The van der Waals surface area contributed by atoms with Gasteiger partial charge in [-0.15, -0.1) is 0 Å². The first-order valence-electron chi connectivity index (χ1n) is 8.32. The van der Waals surface area contributed by atoms with E-state index in [-0.39, 0.29) is 17.1 Å². The van der Waals surface area contributed by atoms with Crippen molar-refractivity contribution in [2.45, 2.75) is 19.9 Å². The number of hydrogen-bond acceptors (Lipinski definition) is 6. The molecule has 5 heterocycles. The molecule has 27 heavy (non-hydrogen) atoms. The molecule has 0 bridgehead atoms. The Morgan fingerprint density at radius 2 is 2.00 bits per heavy atom. The monoisotopic (exact) mass is 365 g/mol. The summed E-state index contributed by atoms with van der Waals surface area (Å²) in [6, 6.07) is 3.65. The Hall–Kier alpha value is -3.49. The van der Waals surface area contributed by atoms with Crippen LogP contribution in [0, 0.1) is 6.92 Å². The highest BCUT2D eigenvalue weighted by molar-refractivity contribution is 5.94. The molecule has 2 aromatic heterocycles. The van der Waals surface area contributed by atoms with E-state index < -0.39 is 6.43 Å². The number of imidazole rings is 1. The van der Waals surface area contributed by atoms with Crippen molar-refractivity contribution < 1.29 is 8.78 Å². The van der Waals surface area contributed by atoms with E-state index in [1.807, 2.05) is 18.3 Å². The van der Waals surface area contributed by atoms with Crippen LogP contribution in [0.5, 0.6) is 0 Å². The molecule has 7 nitrogen and oxygen atoms in total. The van der Waals surface area contributed by atoms with E-state index in [2.05, 4.69) is 35.5 Å². The highest BCUT2D eigenvalue weighted by Crippen LogP contribution is 2.37. The highest BCUT2D eigenvalue weighted by atomic mass is 19.3. The smallest absolute Gasteiger partial charge is 0.282 e. The van der Waals surface area contributed by atoms with Crippen LogP contribution in [0.25, 0.3) is 39.9 Å². The molecule has 134 valence electrons. The maximum atomic E-state index is 13.4. The van der Waals surface area contributed by atoms with Gasteiger partial charge in [0.25, 0.3) is 6.43 Å². The fourth-order valence-electron chi connectivity index (χ4n) is 3.32. The van der Waals surface area contributed by atoms with E-state index in [4.69, 9.17) is 0 Å². The van der Waals surface area contributed by atoms with Crippen LogP contribution in [-0.4, -0.2) is 30.1 Å². The van der Waals surface area contributed by atoms with E-state index in [0.717, 1.165) is 11.3 Å². The number of alkyl halides is 2. The van der Waals surface area contributed by atoms with Crippen molar-refractivity contribution in [2.75, 3.05) is 0 Å². The summed E-state index contributed by atoms with van der Waals surface area (Å²) in [5.74, 6) is 0.219. The number of fused-ring (bicyclic) bond motifs is 5. The second-order valence-corrected chi connectivity index (χ2v) is 6.21. The highest BCUT2D eigenvalue weighted by Gasteiger charge is 2.27. The molecule has 0 spiro atoms. The summed E-state index contributed by atoms with van der Waals surface area (Å²) in [4.78, 5) is 18.2. The number of aromatic nitrogens is 6. The number of H-pyrrole nitrogens is 1. The summed E-state index contributed by atoms with van der Waals surface area (Å²) in [7, 11) is 0. The molecule has 0 aromatic carbocycles. The maximum absolute atomic E-state index is 13.4. The van der Waals surface area contributed by atoms with Gasteiger partial charge < -0.3 is 5.32 Å². The van der Waals surface area contributed by atoms with Crippen molar-refractivity contribution in [3.05, 3.63) is 47.2 Å². The number of hydrogen-bond donors (Lipinski definition) is 2. The third-order valence-corrected chi connectivity index (χ3v) is 4.55. The van der Waals surface area contributed by atoms with Gasteiger partial charge in [0, 0.05) is 22.8 Å². The van der Waals surface area contributed by atoms with Crippen molar-refractivity contribution in [1.82, 2.24) is 35.5 Å². The number of nitrogens with zero attached hydrogens (tertiary/aromatic N) is 5. The zero-order valence-electron chi connectivity index (χ0n) is 14.2. The van der Waals surface area contributed by atoms with Crippen LogP contribution < -0.4 is 5.32 Å². The molecule has 0 atom stereocenters. The number of rotatable bonds is 2. The lowest BCUT2D eigenvalue weighted by Gasteiger charge is -2.08. The molecule has 0 radical (unpaired) electrons. The van der Waals surface area contributed by atoms with Gasteiger partial charge in [-0.2, -0.15) is 5.10 Å². The number of halogens is 2. The van der Waals surface area contributed by atoms with Gasteiger partial charge >= 0.3 is 0 Å². The SMILES string of the molecule is Cc1[nH]nc(C(F)F)c1-c1nc2c3c(nc4ncccc4c-2n1)CNC=C3. The summed E-state index contributed by atoms with van der Waals surface area (Å²) < 4.78 is 26.8. The number of aryl methyl sites for hydroxylation is 1. The van der Waals surface area contributed by atoms with Gasteiger partial charge in [0.1, 0.15) is 17.1 Å². The molecule has 3 aliphatic rings. The minimum Gasteiger partial charge on any atom is -0.385 e. The molecule has 2 N–H and O–H groups in total. The van der Waals surface area contributed by atoms with Crippen LogP contribution in [0.1, 0.15) is 29.1 Å². The fourth-order valence-corrected chi connectivity index (χ4v) is 3.32. The Balaban J connectivity index is 1.89. The van der Waals surface area contributed by atoms with E-state index in [1.54, 1.807) is 19.2 Å². The lowest BCUT2D eigenvalue weighted by atomic mass is 10.1. The first-order valence-corrected chi connectivity index (χ1v) is 8.32. The van der Waals surface area contributed by atoms with Crippen LogP contribution >= 0.6 is 0 Å². The zero-order chi connectivity index (χ0) is 18.5. The summed E-state index contributed by atoms with van der Waals surface area (Å²) >= 11 is 0. The van der Waals surface area contributed by atoms with Crippen LogP contribution in [0.2, 0.25) is 0 Å². The minimum atomic E-state index is -2.72. The third-order valence-electron chi connectivity index (χ3n) is 4.55. The number of pyridine rings is 1. The largest absolute Gasteiger partial charge is 0.385 e. The molecule has 0 fully saturated rings. The minimum absolute atomic E-state index is 0.219. The van der Waals surface area contributed by atoms with Gasteiger partial charge in [0.15, 0.2) is 11.5 Å². The molecule has 0 unspecified atom stereocenters. The van der Waals surface area contributed by atoms with Crippen molar-refractivity contribution >= 4 is 17.1 Å². The summed E-state index contributed by atoms with van der Waals surface area (Å²) in [6.45, 7) is 2.20. The van der Waals surface area contributed by atoms with Crippen LogP contribution in [0.4, 0.5) is 8.78 Å².